The molecule has 1 fully saturated rings. The van der Waals surface area contributed by atoms with Gasteiger partial charge in [-0.1, -0.05) is 45.4 Å². The van der Waals surface area contributed by atoms with Crippen molar-refractivity contribution in [2.75, 3.05) is 13.1 Å². The molecule has 0 aromatic carbocycles. The Morgan fingerprint density at radius 2 is 1.82 bits per heavy atom. The van der Waals surface area contributed by atoms with Crippen LogP contribution in [0.3, 0.4) is 0 Å². The van der Waals surface area contributed by atoms with Crippen LogP contribution in [0.4, 0.5) is 0 Å². The number of carboxylic acids is 1. The highest BCUT2D eigenvalue weighted by molar-refractivity contribution is 5.73. The zero-order valence-electron chi connectivity index (χ0n) is 11.2. The summed E-state index contributed by atoms with van der Waals surface area (Å²) < 4.78 is 0. The average molecular weight is 241 g/mol. The van der Waals surface area contributed by atoms with E-state index in [0.29, 0.717) is 0 Å². The molecule has 0 aromatic heterocycles. The van der Waals surface area contributed by atoms with Crippen molar-refractivity contribution in [3.05, 3.63) is 0 Å². The molecule has 1 atom stereocenters. The van der Waals surface area contributed by atoms with Gasteiger partial charge in [-0.15, -0.1) is 0 Å². The van der Waals surface area contributed by atoms with Crippen LogP contribution in [0.1, 0.15) is 64.7 Å². The van der Waals surface area contributed by atoms with Crippen LogP contribution in [0, 0.1) is 0 Å². The number of nitrogens with zero attached hydrogens (tertiary/aromatic N) is 1. The SMILES string of the molecule is CCCCCCCCCN1CCC[C@H]1C(=O)O. The zero-order chi connectivity index (χ0) is 12.5. The molecule has 0 spiro atoms. The second-order valence-electron chi connectivity index (χ2n) is 5.15. The minimum Gasteiger partial charge on any atom is -0.480 e. The van der Waals surface area contributed by atoms with Crippen LogP contribution in [0.5, 0.6) is 0 Å². The van der Waals surface area contributed by atoms with E-state index in [0.717, 1.165) is 32.4 Å². The van der Waals surface area contributed by atoms with Crippen molar-refractivity contribution in [2.45, 2.75) is 70.8 Å². The van der Waals surface area contributed by atoms with Gasteiger partial charge in [0.05, 0.1) is 0 Å². The highest BCUT2D eigenvalue weighted by atomic mass is 16.4. The van der Waals surface area contributed by atoms with Gasteiger partial charge in [0.25, 0.3) is 0 Å². The summed E-state index contributed by atoms with van der Waals surface area (Å²) in [5, 5.41) is 9.04. The van der Waals surface area contributed by atoms with E-state index >= 15 is 0 Å². The van der Waals surface area contributed by atoms with Gasteiger partial charge in [-0.05, 0) is 32.4 Å². The fourth-order valence-corrected chi connectivity index (χ4v) is 2.65. The molecule has 0 bridgehead atoms. The Kier molecular flexibility index (Phi) is 7.25. The largest absolute Gasteiger partial charge is 0.480 e. The molecular formula is C14H27NO2. The van der Waals surface area contributed by atoms with Crippen LogP contribution in [0.15, 0.2) is 0 Å². The maximum Gasteiger partial charge on any atom is 0.320 e. The van der Waals surface area contributed by atoms with Crippen LogP contribution >= 0.6 is 0 Å². The first kappa shape index (κ1) is 14.5. The van der Waals surface area contributed by atoms with Crippen LogP contribution in [-0.4, -0.2) is 35.1 Å². The molecular weight excluding hydrogens is 214 g/mol. The Balaban J connectivity index is 2.00. The average Bonchev–Trinajstić information content (AvgIpc) is 2.76. The molecule has 100 valence electrons. The Morgan fingerprint density at radius 3 is 2.47 bits per heavy atom. The number of aliphatic carboxylic acids is 1. The van der Waals surface area contributed by atoms with E-state index < -0.39 is 5.97 Å². The summed E-state index contributed by atoms with van der Waals surface area (Å²) in [6, 6.07) is -0.199. The lowest BCUT2D eigenvalue weighted by Gasteiger charge is -2.20. The summed E-state index contributed by atoms with van der Waals surface area (Å²) in [6.07, 6.45) is 11.0. The van der Waals surface area contributed by atoms with Gasteiger partial charge in [-0.25, -0.2) is 0 Å². The summed E-state index contributed by atoms with van der Waals surface area (Å²) in [6.45, 7) is 4.19. The molecule has 17 heavy (non-hydrogen) atoms. The maximum atomic E-state index is 11.0. The summed E-state index contributed by atoms with van der Waals surface area (Å²) >= 11 is 0. The normalized spacial score (nSPS) is 20.9. The summed E-state index contributed by atoms with van der Waals surface area (Å²) in [4.78, 5) is 13.1. The molecule has 1 rings (SSSR count). The van der Waals surface area contributed by atoms with Gasteiger partial charge in [-0.3, -0.25) is 9.69 Å². The lowest BCUT2D eigenvalue weighted by atomic mass is 10.1. The van der Waals surface area contributed by atoms with E-state index in [1.807, 2.05) is 0 Å². The number of carboxylic acid groups (broad SMARTS) is 1. The molecule has 0 saturated carbocycles. The fourth-order valence-electron chi connectivity index (χ4n) is 2.65. The minimum atomic E-state index is -0.634. The fraction of sp³-hybridized carbons (Fsp3) is 0.929. The van der Waals surface area contributed by atoms with Crippen molar-refractivity contribution in [1.29, 1.82) is 0 Å². The van der Waals surface area contributed by atoms with Gasteiger partial charge in [0.15, 0.2) is 0 Å². The number of hydrogen-bond donors (Lipinski definition) is 1. The predicted molar refractivity (Wildman–Crippen MR) is 70.2 cm³/mol. The van der Waals surface area contributed by atoms with Gasteiger partial charge in [-0.2, -0.15) is 0 Å². The van der Waals surface area contributed by atoms with Crippen LogP contribution in [0.2, 0.25) is 0 Å². The molecule has 0 amide bonds. The van der Waals surface area contributed by atoms with E-state index in [2.05, 4.69) is 11.8 Å². The second-order valence-corrected chi connectivity index (χ2v) is 5.15. The van der Waals surface area contributed by atoms with Crippen LogP contribution in [-0.2, 0) is 4.79 Å². The highest BCUT2D eigenvalue weighted by Gasteiger charge is 2.29. The molecule has 0 unspecified atom stereocenters. The molecule has 1 aliphatic rings. The lowest BCUT2D eigenvalue weighted by Crippen LogP contribution is -2.36. The number of hydrogen-bond acceptors (Lipinski definition) is 2. The lowest BCUT2D eigenvalue weighted by molar-refractivity contribution is -0.142. The van der Waals surface area contributed by atoms with Gasteiger partial charge in [0.1, 0.15) is 6.04 Å². The van der Waals surface area contributed by atoms with Gasteiger partial charge >= 0.3 is 5.97 Å². The van der Waals surface area contributed by atoms with Crippen molar-refractivity contribution in [3.8, 4) is 0 Å². The Bertz CT molecular complexity index is 218. The molecule has 0 aliphatic carbocycles. The second kappa shape index (κ2) is 8.51. The Labute approximate surface area is 105 Å². The number of likely N-dealkylation sites (tertiary alicyclic amines) is 1. The van der Waals surface area contributed by atoms with Crippen molar-refractivity contribution in [2.24, 2.45) is 0 Å². The van der Waals surface area contributed by atoms with Crippen molar-refractivity contribution >= 4 is 5.97 Å². The first-order chi connectivity index (χ1) is 8.25. The number of unbranched alkanes of at least 4 members (excludes halogenated alkanes) is 6. The van der Waals surface area contributed by atoms with E-state index in [9.17, 15) is 4.79 Å². The number of carbonyl (C=O) groups is 1. The molecule has 3 nitrogen and oxygen atoms in total. The molecule has 0 aromatic rings. The van der Waals surface area contributed by atoms with Crippen LogP contribution in [0.25, 0.3) is 0 Å². The quantitative estimate of drug-likeness (QED) is 0.630. The molecule has 1 saturated heterocycles. The Hall–Kier alpha value is -0.570. The molecule has 1 N–H and O–H groups in total. The molecule has 1 heterocycles. The topological polar surface area (TPSA) is 40.5 Å². The van der Waals surface area contributed by atoms with E-state index in [1.54, 1.807) is 0 Å². The maximum absolute atomic E-state index is 11.0. The zero-order valence-corrected chi connectivity index (χ0v) is 11.2. The molecule has 1 aliphatic heterocycles. The Morgan fingerprint density at radius 1 is 1.18 bits per heavy atom. The third-order valence-corrected chi connectivity index (χ3v) is 3.70. The minimum absolute atomic E-state index is 0.199. The standard InChI is InChI=1S/C14H27NO2/c1-2-3-4-5-6-7-8-11-15-12-9-10-13(15)14(16)17/h13H,2-12H2,1H3,(H,16,17)/t13-/m0/s1. The van der Waals surface area contributed by atoms with Gasteiger partial charge < -0.3 is 5.11 Å². The highest BCUT2D eigenvalue weighted by Crippen LogP contribution is 2.18. The third kappa shape index (κ3) is 5.53. The molecule has 0 radical (unpaired) electrons. The third-order valence-electron chi connectivity index (χ3n) is 3.70. The van der Waals surface area contributed by atoms with Crippen molar-refractivity contribution in [1.82, 2.24) is 4.90 Å². The smallest absolute Gasteiger partial charge is 0.320 e. The van der Waals surface area contributed by atoms with E-state index in [-0.39, 0.29) is 6.04 Å². The van der Waals surface area contributed by atoms with E-state index in [1.165, 1.54) is 38.5 Å². The summed E-state index contributed by atoms with van der Waals surface area (Å²) in [5.41, 5.74) is 0. The van der Waals surface area contributed by atoms with Crippen molar-refractivity contribution in [3.63, 3.8) is 0 Å². The van der Waals surface area contributed by atoms with Gasteiger partial charge in [0.2, 0.25) is 0 Å². The molecule has 3 heteroatoms. The van der Waals surface area contributed by atoms with Crippen LogP contribution < -0.4 is 0 Å². The van der Waals surface area contributed by atoms with Crippen molar-refractivity contribution < 1.29 is 9.90 Å². The van der Waals surface area contributed by atoms with E-state index in [4.69, 9.17) is 5.11 Å². The summed E-state index contributed by atoms with van der Waals surface area (Å²) in [5.74, 6) is -0.634. The monoisotopic (exact) mass is 241 g/mol. The number of rotatable bonds is 9. The first-order valence-corrected chi connectivity index (χ1v) is 7.22. The predicted octanol–water partition coefficient (Wildman–Crippen LogP) is 3.29. The summed E-state index contributed by atoms with van der Waals surface area (Å²) in [7, 11) is 0. The first-order valence-electron chi connectivity index (χ1n) is 7.22. The van der Waals surface area contributed by atoms with Gasteiger partial charge in [0, 0.05) is 0 Å².